The number of ether oxygens (including phenoxy) is 1. The minimum absolute atomic E-state index is 0.139. The Hall–Kier alpha value is -2.18. The Morgan fingerprint density at radius 3 is 2.86 bits per heavy atom. The molecule has 5 nitrogen and oxygen atoms in total. The van der Waals surface area contributed by atoms with Gasteiger partial charge in [-0.1, -0.05) is 29.8 Å². The van der Waals surface area contributed by atoms with Gasteiger partial charge in [-0.15, -0.1) is 11.3 Å². The molecule has 0 spiro atoms. The molecule has 0 aliphatic carbocycles. The van der Waals surface area contributed by atoms with Crippen molar-refractivity contribution in [2.45, 2.75) is 6.92 Å². The van der Waals surface area contributed by atoms with Crippen LogP contribution in [0.25, 0.3) is 21.5 Å². The van der Waals surface area contributed by atoms with Crippen LogP contribution in [0.4, 0.5) is 5.95 Å². The van der Waals surface area contributed by atoms with Crippen LogP contribution in [0.2, 0.25) is 5.02 Å². The molecule has 0 atom stereocenters. The van der Waals surface area contributed by atoms with Gasteiger partial charge in [0.05, 0.1) is 12.3 Å². The number of benzene rings is 1. The second kappa shape index (κ2) is 5.90. The van der Waals surface area contributed by atoms with Crippen molar-refractivity contribution in [3.63, 3.8) is 0 Å². The number of halogens is 1. The van der Waals surface area contributed by atoms with E-state index < -0.39 is 0 Å². The molecular weight excluding hydrogens is 322 g/mol. The highest BCUT2D eigenvalue weighted by atomic mass is 35.5. The summed E-state index contributed by atoms with van der Waals surface area (Å²) in [6.45, 7) is 2.08. The molecule has 3 aromatic rings. The number of carbonyl (C=O) groups excluding carboxylic acids is 1. The van der Waals surface area contributed by atoms with Crippen LogP contribution in [0, 0.1) is 0 Å². The van der Waals surface area contributed by atoms with Gasteiger partial charge in [0.1, 0.15) is 9.71 Å². The van der Waals surface area contributed by atoms with E-state index in [1.807, 2.05) is 18.2 Å². The number of rotatable bonds is 3. The van der Waals surface area contributed by atoms with E-state index in [-0.39, 0.29) is 11.9 Å². The first-order chi connectivity index (χ1) is 10.6. The quantitative estimate of drug-likeness (QED) is 0.738. The zero-order valence-corrected chi connectivity index (χ0v) is 13.2. The molecule has 0 saturated carbocycles. The van der Waals surface area contributed by atoms with Crippen LogP contribution in [0.1, 0.15) is 16.6 Å². The molecule has 112 valence electrons. The van der Waals surface area contributed by atoms with Crippen LogP contribution in [0.5, 0.6) is 0 Å². The minimum atomic E-state index is -0.380. The van der Waals surface area contributed by atoms with Crippen molar-refractivity contribution in [2.24, 2.45) is 0 Å². The molecular formula is C15H12ClN3O2S. The average Bonchev–Trinajstić information content (AvgIpc) is 2.91. The van der Waals surface area contributed by atoms with Gasteiger partial charge in [-0.3, -0.25) is 0 Å². The lowest BCUT2D eigenvalue weighted by molar-refractivity contribution is 0.0532. The Morgan fingerprint density at radius 1 is 1.36 bits per heavy atom. The number of nitrogens with zero attached hydrogens (tertiary/aromatic N) is 2. The van der Waals surface area contributed by atoms with Crippen molar-refractivity contribution in [3.05, 3.63) is 40.2 Å². The Bertz CT molecular complexity index is 863. The maximum Gasteiger partial charge on any atom is 0.348 e. The lowest BCUT2D eigenvalue weighted by Crippen LogP contribution is -2.01. The Kier molecular flexibility index (Phi) is 3.96. The van der Waals surface area contributed by atoms with E-state index in [4.69, 9.17) is 22.1 Å². The number of carbonyl (C=O) groups is 1. The third-order valence-electron chi connectivity index (χ3n) is 3.02. The van der Waals surface area contributed by atoms with Crippen LogP contribution in [-0.2, 0) is 4.74 Å². The largest absolute Gasteiger partial charge is 0.462 e. The molecule has 0 bridgehead atoms. The summed E-state index contributed by atoms with van der Waals surface area (Å²) < 4.78 is 5.02. The molecule has 0 saturated heterocycles. The number of nitrogen functional groups attached to an aromatic ring is 1. The fourth-order valence-electron chi connectivity index (χ4n) is 2.10. The number of esters is 1. The predicted octanol–water partition coefficient (Wildman–Crippen LogP) is 3.77. The number of thiophene rings is 1. The maximum atomic E-state index is 11.9. The topological polar surface area (TPSA) is 78.1 Å². The summed E-state index contributed by atoms with van der Waals surface area (Å²) in [6, 6.07) is 9.05. The van der Waals surface area contributed by atoms with E-state index in [1.54, 1.807) is 19.1 Å². The Morgan fingerprint density at radius 2 is 2.14 bits per heavy atom. The van der Waals surface area contributed by atoms with Crippen LogP contribution in [0.15, 0.2) is 30.3 Å². The van der Waals surface area contributed by atoms with Crippen molar-refractivity contribution in [1.82, 2.24) is 9.97 Å². The molecule has 0 fully saturated rings. The summed E-state index contributed by atoms with van der Waals surface area (Å²) in [6.07, 6.45) is 0. The van der Waals surface area contributed by atoms with Gasteiger partial charge in [0.2, 0.25) is 5.95 Å². The van der Waals surface area contributed by atoms with E-state index >= 15 is 0 Å². The third-order valence-corrected chi connectivity index (χ3v) is 4.35. The zero-order valence-electron chi connectivity index (χ0n) is 11.7. The van der Waals surface area contributed by atoms with Crippen molar-refractivity contribution in [2.75, 3.05) is 12.3 Å². The van der Waals surface area contributed by atoms with Gasteiger partial charge in [0.15, 0.2) is 0 Å². The molecule has 7 heteroatoms. The molecule has 0 radical (unpaired) electrons. The SMILES string of the molecule is CCOC(=O)c1cc2c(-c3ccccc3Cl)nc(N)nc2s1. The highest BCUT2D eigenvalue weighted by Crippen LogP contribution is 2.35. The lowest BCUT2D eigenvalue weighted by Gasteiger charge is -2.05. The molecule has 1 aromatic carbocycles. The number of anilines is 1. The van der Waals surface area contributed by atoms with Crippen molar-refractivity contribution in [3.8, 4) is 11.3 Å². The second-order valence-electron chi connectivity index (χ2n) is 4.46. The molecule has 22 heavy (non-hydrogen) atoms. The third kappa shape index (κ3) is 2.63. The minimum Gasteiger partial charge on any atom is -0.462 e. The van der Waals surface area contributed by atoms with Crippen LogP contribution >= 0.6 is 22.9 Å². The number of aromatic nitrogens is 2. The summed E-state index contributed by atoms with van der Waals surface area (Å²) in [5.74, 6) is -0.242. The fourth-order valence-corrected chi connectivity index (χ4v) is 3.26. The summed E-state index contributed by atoms with van der Waals surface area (Å²) in [7, 11) is 0. The van der Waals surface area contributed by atoms with E-state index in [2.05, 4.69) is 9.97 Å². The first kappa shape index (κ1) is 14.7. The molecule has 0 aliphatic rings. The van der Waals surface area contributed by atoms with Crippen LogP contribution in [-0.4, -0.2) is 22.5 Å². The predicted molar refractivity (Wildman–Crippen MR) is 88.2 cm³/mol. The molecule has 2 heterocycles. The molecule has 0 amide bonds. The summed E-state index contributed by atoms with van der Waals surface area (Å²) in [4.78, 5) is 21.5. The standard InChI is InChI=1S/C15H12ClN3O2S/c1-2-21-14(20)11-7-9-12(8-5-3-4-6-10(8)16)18-15(17)19-13(9)22-11/h3-7H,2H2,1H3,(H2,17,18,19). The van der Waals surface area contributed by atoms with Crippen LogP contribution < -0.4 is 5.73 Å². The van der Waals surface area contributed by atoms with Crippen molar-refractivity contribution < 1.29 is 9.53 Å². The molecule has 0 aliphatic heterocycles. The van der Waals surface area contributed by atoms with Gasteiger partial charge in [-0.2, -0.15) is 0 Å². The highest BCUT2D eigenvalue weighted by Gasteiger charge is 2.18. The summed E-state index contributed by atoms with van der Waals surface area (Å²) >= 11 is 7.47. The number of nitrogens with two attached hydrogens (primary N) is 1. The van der Waals surface area contributed by atoms with Gasteiger partial charge in [0, 0.05) is 16.0 Å². The van der Waals surface area contributed by atoms with Gasteiger partial charge in [-0.05, 0) is 19.1 Å². The average molecular weight is 334 g/mol. The summed E-state index contributed by atoms with van der Waals surface area (Å²) in [5, 5.41) is 1.29. The first-order valence-electron chi connectivity index (χ1n) is 6.59. The van der Waals surface area contributed by atoms with Crippen molar-refractivity contribution in [1.29, 1.82) is 0 Å². The number of hydrogen-bond donors (Lipinski definition) is 1. The molecule has 2 aromatic heterocycles. The number of fused-ring (bicyclic) bond motifs is 1. The highest BCUT2D eigenvalue weighted by molar-refractivity contribution is 7.20. The Labute approximate surface area is 135 Å². The van der Waals surface area contributed by atoms with E-state index in [0.29, 0.717) is 27.0 Å². The molecule has 0 unspecified atom stereocenters. The number of hydrogen-bond acceptors (Lipinski definition) is 6. The van der Waals surface area contributed by atoms with Gasteiger partial charge >= 0.3 is 5.97 Å². The van der Waals surface area contributed by atoms with Gasteiger partial charge in [0.25, 0.3) is 0 Å². The van der Waals surface area contributed by atoms with E-state index in [1.165, 1.54) is 11.3 Å². The Balaban J connectivity index is 2.22. The van der Waals surface area contributed by atoms with Gasteiger partial charge < -0.3 is 10.5 Å². The molecule has 2 N–H and O–H groups in total. The maximum absolute atomic E-state index is 11.9. The first-order valence-corrected chi connectivity index (χ1v) is 7.78. The fraction of sp³-hybridized carbons (Fsp3) is 0.133. The monoisotopic (exact) mass is 333 g/mol. The smallest absolute Gasteiger partial charge is 0.348 e. The van der Waals surface area contributed by atoms with E-state index in [9.17, 15) is 4.79 Å². The van der Waals surface area contributed by atoms with Crippen LogP contribution in [0.3, 0.4) is 0 Å². The second-order valence-corrected chi connectivity index (χ2v) is 5.90. The lowest BCUT2D eigenvalue weighted by atomic mass is 10.1. The molecule has 3 rings (SSSR count). The normalized spacial score (nSPS) is 10.8. The zero-order chi connectivity index (χ0) is 15.7. The van der Waals surface area contributed by atoms with Crippen molar-refractivity contribution >= 4 is 45.1 Å². The van der Waals surface area contributed by atoms with E-state index in [0.717, 1.165) is 10.9 Å². The summed E-state index contributed by atoms with van der Waals surface area (Å²) in [5.41, 5.74) is 7.14. The van der Waals surface area contributed by atoms with Gasteiger partial charge in [-0.25, -0.2) is 14.8 Å².